The third-order valence-electron chi connectivity index (χ3n) is 4.38. The number of hydrogen-bond acceptors (Lipinski definition) is 6. The van der Waals surface area contributed by atoms with Gasteiger partial charge >= 0.3 is 0 Å². The van der Waals surface area contributed by atoms with E-state index in [0.29, 0.717) is 24.9 Å². The van der Waals surface area contributed by atoms with E-state index in [-0.39, 0.29) is 56.2 Å². The molecule has 10 heteroatoms. The Morgan fingerprint density at radius 3 is 2.50 bits per heavy atom. The fourth-order valence-electron chi connectivity index (χ4n) is 2.90. The van der Waals surface area contributed by atoms with Gasteiger partial charge in [-0.1, -0.05) is 12.1 Å². The number of halogens is 1. The number of aliphatic hydroxyl groups is 2. The summed E-state index contributed by atoms with van der Waals surface area (Å²) >= 11 is 0. The molecule has 0 bridgehead atoms. The minimum Gasteiger partial charge on any atom is -0.465 e. The Bertz CT molecular complexity index is 840. The highest BCUT2D eigenvalue weighted by Gasteiger charge is 2.29. The van der Waals surface area contributed by atoms with Crippen LogP contribution in [-0.2, 0) is 11.3 Å². The van der Waals surface area contributed by atoms with Crippen LogP contribution in [0.25, 0.3) is 0 Å². The molecule has 1 aromatic heterocycles. The van der Waals surface area contributed by atoms with E-state index in [1.807, 2.05) is 0 Å². The lowest BCUT2D eigenvalue weighted by atomic mass is 10.2. The maximum Gasteiger partial charge on any atom is 0.299 e. The first-order chi connectivity index (χ1) is 14.5. The van der Waals surface area contributed by atoms with Crippen molar-refractivity contribution in [2.24, 2.45) is 0 Å². The molecule has 1 aromatic carbocycles. The van der Waals surface area contributed by atoms with E-state index in [4.69, 9.17) is 9.84 Å². The largest absolute Gasteiger partial charge is 0.465 e. The van der Waals surface area contributed by atoms with Crippen molar-refractivity contribution in [3.63, 3.8) is 0 Å². The van der Waals surface area contributed by atoms with Gasteiger partial charge in [0.15, 0.2) is 11.5 Å². The third-order valence-corrected chi connectivity index (χ3v) is 4.38. The average Bonchev–Trinajstić information content (AvgIpc) is 3.09. The lowest BCUT2D eigenvalue weighted by Gasteiger charge is -2.21. The van der Waals surface area contributed by atoms with Gasteiger partial charge in [0, 0.05) is 20.2 Å². The van der Waals surface area contributed by atoms with Crippen molar-refractivity contribution in [3.8, 4) is 6.01 Å². The van der Waals surface area contributed by atoms with Gasteiger partial charge in [-0.2, -0.15) is 4.98 Å². The van der Waals surface area contributed by atoms with Crippen LogP contribution in [0.5, 0.6) is 6.01 Å². The quantitative estimate of drug-likeness (QED) is 0.492. The van der Waals surface area contributed by atoms with Gasteiger partial charge in [-0.25, -0.2) is 4.39 Å². The average molecular weight is 422 g/mol. The number of imidazole rings is 1. The molecule has 2 aromatic rings. The number of nitrogens with zero attached hydrogens (tertiary/aromatic N) is 4. The van der Waals surface area contributed by atoms with Gasteiger partial charge in [0.05, 0.1) is 26.3 Å². The number of carbonyl (C=O) groups excluding carboxylic acids is 2. The monoisotopic (exact) mass is 422 g/mol. The number of ether oxygens (including phenoxy) is 1. The Morgan fingerprint density at radius 1 is 1.23 bits per heavy atom. The van der Waals surface area contributed by atoms with E-state index < -0.39 is 5.91 Å². The molecule has 0 aliphatic rings. The second-order valence-electron chi connectivity index (χ2n) is 6.54. The fourth-order valence-corrected chi connectivity index (χ4v) is 2.90. The molecule has 2 amide bonds. The van der Waals surface area contributed by atoms with Gasteiger partial charge in [-0.15, -0.1) is 0 Å². The zero-order valence-corrected chi connectivity index (χ0v) is 17.1. The summed E-state index contributed by atoms with van der Waals surface area (Å²) in [7, 11) is 1.58. The number of hydrogen-bond donors (Lipinski definition) is 2. The first kappa shape index (κ1) is 23.3. The van der Waals surface area contributed by atoms with Crippen LogP contribution in [0.4, 0.5) is 10.2 Å². The number of carbonyl (C=O) groups is 2. The Balaban J connectivity index is 2.59. The summed E-state index contributed by atoms with van der Waals surface area (Å²) < 4.78 is 20.4. The Morgan fingerprint density at radius 2 is 1.93 bits per heavy atom. The van der Waals surface area contributed by atoms with Crippen LogP contribution >= 0.6 is 0 Å². The molecule has 0 aliphatic carbocycles. The van der Waals surface area contributed by atoms with Crippen LogP contribution in [0.15, 0.2) is 24.3 Å². The summed E-state index contributed by atoms with van der Waals surface area (Å²) in [6.45, 7) is 2.04. The van der Waals surface area contributed by atoms with Crippen molar-refractivity contribution in [3.05, 3.63) is 41.3 Å². The second-order valence-corrected chi connectivity index (χ2v) is 6.54. The van der Waals surface area contributed by atoms with Gasteiger partial charge in [-0.3, -0.25) is 19.1 Å². The summed E-state index contributed by atoms with van der Waals surface area (Å²) in [4.78, 5) is 31.7. The molecule has 9 nitrogen and oxygen atoms in total. The van der Waals surface area contributed by atoms with Gasteiger partial charge < -0.3 is 19.8 Å². The molecule has 0 saturated heterocycles. The number of benzene rings is 1. The predicted octanol–water partition coefficient (Wildman–Crippen LogP) is 0.879. The van der Waals surface area contributed by atoms with E-state index in [1.54, 1.807) is 26.1 Å². The van der Waals surface area contributed by atoms with E-state index in [9.17, 15) is 19.1 Å². The molecule has 1 heterocycles. The van der Waals surface area contributed by atoms with Gasteiger partial charge in [0.1, 0.15) is 5.82 Å². The Labute approximate surface area is 174 Å². The van der Waals surface area contributed by atoms with Crippen molar-refractivity contribution >= 4 is 18.1 Å². The van der Waals surface area contributed by atoms with Gasteiger partial charge in [0.25, 0.3) is 11.9 Å². The van der Waals surface area contributed by atoms with E-state index >= 15 is 0 Å². The molecular formula is C20H27FN4O5. The minimum absolute atomic E-state index is 0.0523. The number of anilines is 1. The molecule has 0 aliphatic heterocycles. The highest BCUT2D eigenvalue weighted by Crippen LogP contribution is 2.28. The third kappa shape index (κ3) is 5.55. The molecule has 0 atom stereocenters. The van der Waals surface area contributed by atoms with E-state index in [2.05, 4.69) is 4.98 Å². The zero-order valence-electron chi connectivity index (χ0n) is 17.1. The minimum atomic E-state index is -0.427. The van der Waals surface area contributed by atoms with Gasteiger partial charge in [0.2, 0.25) is 6.41 Å². The van der Waals surface area contributed by atoms with Crippen molar-refractivity contribution in [2.45, 2.75) is 19.9 Å². The number of aromatic nitrogens is 2. The van der Waals surface area contributed by atoms with Crippen molar-refractivity contribution in [1.29, 1.82) is 0 Å². The van der Waals surface area contributed by atoms with Crippen molar-refractivity contribution in [2.75, 3.05) is 44.9 Å². The van der Waals surface area contributed by atoms with Crippen molar-refractivity contribution in [1.82, 2.24) is 14.5 Å². The topological polar surface area (TPSA) is 108 Å². The normalized spacial score (nSPS) is 10.7. The molecular weight excluding hydrogens is 395 g/mol. The van der Waals surface area contributed by atoms with E-state index in [0.717, 1.165) is 4.90 Å². The summed E-state index contributed by atoms with van der Waals surface area (Å²) in [6, 6.07) is 5.91. The van der Waals surface area contributed by atoms with E-state index in [1.165, 1.54) is 21.6 Å². The number of amides is 2. The number of aliphatic hydroxyl groups excluding tert-OH is 2. The Kier molecular flexibility index (Phi) is 8.75. The van der Waals surface area contributed by atoms with Crippen LogP contribution in [0.2, 0.25) is 0 Å². The zero-order chi connectivity index (χ0) is 22.1. The van der Waals surface area contributed by atoms with Crippen molar-refractivity contribution < 1.29 is 28.9 Å². The lowest BCUT2D eigenvalue weighted by Crippen LogP contribution is -2.33. The first-order valence-electron chi connectivity index (χ1n) is 9.63. The Hall–Kier alpha value is -2.98. The van der Waals surface area contributed by atoms with Crippen LogP contribution in [0, 0.1) is 5.82 Å². The lowest BCUT2D eigenvalue weighted by molar-refractivity contribution is -0.107. The molecule has 0 radical (unpaired) electrons. The second kappa shape index (κ2) is 11.3. The smallest absolute Gasteiger partial charge is 0.299 e. The molecule has 2 N–H and O–H groups in total. The van der Waals surface area contributed by atoms with Crippen LogP contribution in [-0.4, -0.2) is 76.9 Å². The molecule has 2 rings (SSSR count). The molecule has 164 valence electrons. The summed E-state index contributed by atoms with van der Waals surface area (Å²) in [6.07, 6.45) is 0.872. The summed E-state index contributed by atoms with van der Waals surface area (Å²) in [5, 5.41) is 18.4. The maximum absolute atomic E-state index is 13.3. The highest BCUT2D eigenvalue weighted by atomic mass is 19.1. The number of rotatable bonds is 12. The molecule has 0 fully saturated rings. The predicted molar refractivity (Wildman–Crippen MR) is 108 cm³/mol. The van der Waals surface area contributed by atoms with Crippen LogP contribution in [0.1, 0.15) is 29.4 Å². The molecule has 30 heavy (non-hydrogen) atoms. The fraction of sp³-hybridized carbons (Fsp3) is 0.450. The standard InChI is InChI=1S/C20H27FN4O5/c1-3-30-20-22-18(24(14-28)10-12-27)17(19(29)23(2)9-4-11-26)25(20)13-15-5-7-16(21)8-6-15/h5-8,14,26-27H,3-4,9-13H2,1-2H3. The van der Waals surface area contributed by atoms with Crippen LogP contribution < -0.4 is 9.64 Å². The SMILES string of the molecule is CCOc1nc(N(C=O)CCO)c(C(=O)N(C)CCCO)n1Cc1ccc(F)cc1. The molecule has 0 saturated carbocycles. The summed E-state index contributed by atoms with van der Waals surface area (Å²) in [5.41, 5.74) is 0.803. The molecule has 0 spiro atoms. The summed E-state index contributed by atoms with van der Waals surface area (Å²) in [5.74, 6) is -0.750. The van der Waals surface area contributed by atoms with Gasteiger partial charge in [-0.05, 0) is 31.0 Å². The van der Waals surface area contributed by atoms with Crippen LogP contribution in [0.3, 0.4) is 0 Å². The maximum atomic E-state index is 13.3. The first-order valence-corrected chi connectivity index (χ1v) is 9.63. The molecule has 0 unspecified atom stereocenters. The highest BCUT2D eigenvalue weighted by molar-refractivity contribution is 5.99.